The molecule has 2 aromatic carbocycles. The summed E-state index contributed by atoms with van der Waals surface area (Å²) in [4.78, 5) is 0. The van der Waals surface area contributed by atoms with Crippen LogP contribution in [0, 0.1) is 17.8 Å². The van der Waals surface area contributed by atoms with Gasteiger partial charge in [0.2, 0.25) is 0 Å². The standard InChI is InChI=1S/C24H25Cl/c1-2-3-4-19-5-7-20(8-6-19)9-10-21-11-13-22(14-12-21)23-15-17-24(25)18-16-23/h2,5-8,15-18,21-22H,1,3-4,11-14H2/t21-,22-. The minimum atomic E-state index is 0.531. The molecule has 0 saturated heterocycles. The van der Waals surface area contributed by atoms with Crippen LogP contribution in [0.5, 0.6) is 0 Å². The van der Waals surface area contributed by atoms with Crippen LogP contribution in [0.2, 0.25) is 5.02 Å². The summed E-state index contributed by atoms with van der Waals surface area (Å²) in [5.74, 6) is 8.06. The molecular formula is C24H25Cl. The van der Waals surface area contributed by atoms with Crippen LogP contribution >= 0.6 is 11.6 Å². The van der Waals surface area contributed by atoms with Gasteiger partial charge in [0.05, 0.1) is 0 Å². The highest BCUT2D eigenvalue weighted by molar-refractivity contribution is 6.30. The van der Waals surface area contributed by atoms with Crippen LogP contribution in [0.15, 0.2) is 61.2 Å². The van der Waals surface area contributed by atoms with E-state index < -0.39 is 0 Å². The summed E-state index contributed by atoms with van der Waals surface area (Å²) in [6, 6.07) is 17.0. The quantitative estimate of drug-likeness (QED) is 0.421. The Kier molecular flexibility index (Phi) is 6.37. The van der Waals surface area contributed by atoms with Gasteiger partial charge >= 0.3 is 0 Å². The molecule has 0 heterocycles. The molecule has 0 radical (unpaired) electrons. The molecule has 1 aliphatic rings. The van der Waals surface area contributed by atoms with Crippen molar-refractivity contribution in [1.82, 2.24) is 0 Å². The summed E-state index contributed by atoms with van der Waals surface area (Å²) >= 11 is 5.99. The number of allylic oxidation sites excluding steroid dienone is 1. The predicted octanol–water partition coefficient (Wildman–Crippen LogP) is 6.78. The van der Waals surface area contributed by atoms with Crippen molar-refractivity contribution in [2.75, 3.05) is 0 Å². The molecule has 1 heteroatoms. The van der Waals surface area contributed by atoms with Crippen molar-refractivity contribution in [3.05, 3.63) is 82.9 Å². The van der Waals surface area contributed by atoms with E-state index in [-0.39, 0.29) is 0 Å². The van der Waals surface area contributed by atoms with Crippen molar-refractivity contribution in [2.24, 2.45) is 5.92 Å². The van der Waals surface area contributed by atoms with E-state index in [4.69, 9.17) is 11.6 Å². The molecule has 0 unspecified atom stereocenters. The first-order valence-corrected chi connectivity index (χ1v) is 9.59. The van der Waals surface area contributed by atoms with E-state index in [0.29, 0.717) is 11.8 Å². The largest absolute Gasteiger partial charge is 0.103 e. The molecule has 0 nitrogen and oxygen atoms in total. The maximum atomic E-state index is 5.99. The van der Waals surface area contributed by atoms with Crippen LogP contribution in [0.4, 0.5) is 0 Å². The smallest absolute Gasteiger partial charge is 0.0406 e. The molecule has 1 saturated carbocycles. The zero-order valence-corrected chi connectivity index (χ0v) is 15.4. The highest BCUT2D eigenvalue weighted by Crippen LogP contribution is 2.35. The number of halogens is 1. The van der Waals surface area contributed by atoms with E-state index >= 15 is 0 Å². The minimum Gasteiger partial charge on any atom is -0.103 e. The Hall–Kier alpha value is -1.97. The molecule has 0 amide bonds. The van der Waals surface area contributed by atoms with Gasteiger partial charge in [-0.25, -0.2) is 0 Å². The average molecular weight is 349 g/mol. The van der Waals surface area contributed by atoms with E-state index in [1.54, 1.807) is 0 Å². The van der Waals surface area contributed by atoms with Crippen molar-refractivity contribution in [3.63, 3.8) is 0 Å². The van der Waals surface area contributed by atoms with Crippen LogP contribution in [0.1, 0.15) is 54.7 Å². The highest BCUT2D eigenvalue weighted by atomic mass is 35.5. The first-order valence-electron chi connectivity index (χ1n) is 9.21. The van der Waals surface area contributed by atoms with E-state index in [1.807, 2.05) is 18.2 Å². The van der Waals surface area contributed by atoms with Crippen LogP contribution in [-0.4, -0.2) is 0 Å². The van der Waals surface area contributed by atoms with Crippen LogP contribution in [0.3, 0.4) is 0 Å². The van der Waals surface area contributed by atoms with Crippen molar-refractivity contribution in [1.29, 1.82) is 0 Å². The fourth-order valence-corrected chi connectivity index (χ4v) is 3.64. The Balaban J connectivity index is 1.53. The summed E-state index contributed by atoms with van der Waals surface area (Å²) in [6.07, 6.45) is 8.89. The van der Waals surface area contributed by atoms with Crippen molar-refractivity contribution < 1.29 is 0 Å². The maximum Gasteiger partial charge on any atom is 0.0406 e. The normalized spacial score (nSPS) is 19.7. The van der Waals surface area contributed by atoms with Gasteiger partial charge in [0.1, 0.15) is 0 Å². The second-order valence-corrected chi connectivity index (χ2v) is 7.33. The van der Waals surface area contributed by atoms with Crippen LogP contribution in [-0.2, 0) is 6.42 Å². The average Bonchev–Trinajstić information content (AvgIpc) is 2.67. The molecule has 3 rings (SSSR count). The third-order valence-corrected chi connectivity index (χ3v) is 5.33. The molecule has 1 fully saturated rings. The molecule has 0 spiro atoms. The molecule has 0 N–H and O–H groups in total. The zero-order chi connectivity index (χ0) is 17.5. The molecule has 0 aromatic heterocycles. The molecule has 1 aliphatic carbocycles. The lowest BCUT2D eigenvalue weighted by atomic mass is 9.79. The fourth-order valence-electron chi connectivity index (χ4n) is 3.51. The van der Waals surface area contributed by atoms with Crippen LogP contribution < -0.4 is 0 Å². The molecular weight excluding hydrogens is 324 g/mol. The second kappa shape index (κ2) is 8.93. The summed E-state index contributed by atoms with van der Waals surface area (Å²) in [7, 11) is 0. The van der Waals surface area contributed by atoms with Gasteiger partial charge in [0.15, 0.2) is 0 Å². The Morgan fingerprint density at radius 2 is 1.64 bits per heavy atom. The minimum absolute atomic E-state index is 0.531. The monoisotopic (exact) mass is 348 g/mol. The highest BCUT2D eigenvalue weighted by Gasteiger charge is 2.21. The molecule has 0 aliphatic heterocycles. The summed E-state index contributed by atoms with van der Waals surface area (Å²) < 4.78 is 0. The Bertz CT molecular complexity index is 735. The number of rotatable bonds is 4. The summed E-state index contributed by atoms with van der Waals surface area (Å²) in [6.45, 7) is 3.77. The van der Waals surface area contributed by atoms with E-state index in [2.05, 4.69) is 54.8 Å². The number of hydrogen-bond donors (Lipinski definition) is 0. The Labute approximate surface area is 156 Å². The van der Waals surface area contributed by atoms with E-state index in [0.717, 1.165) is 23.4 Å². The molecule has 2 aromatic rings. The number of hydrogen-bond acceptors (Lipinski definition) is 0. The van der Waals surface area contributed by atoms with Gasteiger partial charge in [0, 0.05) is 16.5 Å². The third kappa shape index (κ3) is 5.25. The summed E-state index contributed by atoms with van der Waals surface area (Å²) in [5.41, 5.74) is 3.90. The lowest BCUT2D eigenvalue weighted by Crippen LogP contribution is -2.12. The van der Waals surface area contributed by atoms with Gasteiger partial charge < -0.3 is 0 Å². The van der Waals surface area contributed by atoms with Crippen molar-refractivity contribution >= 4 is 11.6 Å². The topological polar surface area (TPSA) is 0 Å². The third-order valence-electron chi connectivity index (χ3n) is 5.08. The van der Waals surface area contributed by atoms with E-state index in [9.17, 15) is 0 Å². The molecule has 25 heavy (non-hydrogen) atoms. The van der Waals surface area contributed by atoms with Gasteiger partial charge in [-0.3, -0.25) is 0 Å². The summed E-state index contributed by atoms with van der Waals surface area (Å²) in [5, 5.41) is 0.818. The number of benzene rings is 2. The van der Waals surface area contributed by atoms with Crippen molar-refractivity contribution in [2.45, 2.75) is 44.4 Å². The molecule has 0 bridgehead atoms. The molecule has 0 atom stereocenters. The van der Waals surface area contributed by atoms with Gasteiger partial charge in [-0.2, -0.15) is 0 Å². The maximum absolute atomic E-state index is 5.99. The lowest BCUT2D eigenvalue weighted by molar-refractivity contribution is 0.384. The van der Waals surface area contributed by atoms with Gasteiger partial charge in [0.25, 0.3) is 0 Å². The first kappa shape index (κ1) is 17.8. The van der Waals surface area contributed by atoms with Gasteiger partial charge in [-0.15, -0.1) is 6.58 Å². The Morgan fingerprint density at radius 1 is 0.960 bits per heavy atom. The number of aryl methyl sites for hydroxylation is 1. The SMILES string of the molecule is C=CCCc1ccc(C#C[C@H]2CC[C@H](c3ccc(Cl)cc3)CC2)cc1. The van der Waals surface area contributed by atoms with Gasteiger partial charge in [-0.1, -0.05) is 53.8 Å². The van der Waals surface area contributed by atoms with Crippen LogP contribution in [0.25, 0.3) is 0 Å². The van der Waals surface area contributed by atoms with Gasteiger partial charge in [-0.05, 0) is 79.8 Å². The zero-order valence-electron chi connectivity index (χ0n) is 14.7. The predicted molar refractivity (Wildman–Crippen MR) is 108 cm³/mol. The van der Waals surface area contributed by atoms with Crippen molar-refractivity contribution in [3.8, 4) is 11.8 Å². The fraction of sp³-hybridized carbons (Fsp3) is 0.333. The Morgan fingerprint density at radius 3 is 2.28 bits per heavy atom. The van der Waals surface area contributed by atoms with E-state index in [1.165, 1.54) is 36.8 Å². The molecule has 128 valence electrons. The first-order chi connectivity index (χ1) is 12.2. The lowest BCUT2D eigenvalue weighted by Gasteiger charge is -2.26. The second-order valence-electron chi connectivity index (χ2n) is 6.89.